The highest BCUT2D eigenvalue weighted by Crippen LogP contribution is 2.28. The van der Waals surface area contributed by atoms with Crippen molar-refractivity contribution in [1.82, 2.24) is 0 Å². The van der Waals surface area contributed by atoms with E-state index < -0.39 is 6.10 Å². The second kappa shape index (κ2) is 10.2. The van der Waals surface area contributed by atoms with Crippen molar-refractivity contribution >= 4 is 69.6 Å². The first-order valence-electron chi connectivity index (χ1n) is 9.02. The maximum Gasteiger partial charge on any atom is 0.265 e. The van der Waals surface area contributed by atoms with Crippen molar-refractivity contribution in [3.63, 3.8) is 0 Å². The summed E-state index contributed by atoms with van der Waals surface area (Å²) in [5.74, 6) is -0.385. The van der Waals surface area contributed by atoms with Crippen LogP contribution in [0, 0.1) is 0 Å². The molecule has 5 nitrogen and oxygen atoms in total. The monoisotopic (exact) mass is 496 g/mol. The molecule has 0 radical (unpaired) electrons. The molecule has 9 heteroatoms. The third-order valence-electron chi connectivity index (χ3n) is 4.15. The summed E-state index contributed by atoms with van der Waals surface area (Å²) < 4.78 is 5.60. The zero-order valence-electron chi connectivity index (χ0n) is 16.1. The van der Waals surface area contributed by atoms with Crippen LogP contribution in [0.3, 0.4) is 0 Å². The van der Waals surface area contributed by atoms with Crippen LogP contribution < -0.4 is 15.4 Å². The molecule has 0 aliphatic rings. The lowest BCUT2D eigenvalue weighted by Crippen LogP contribution is -2.30. The second-order valence-electron chi connectivity index (χ2n) is 6.48. The van der Waals surface area contributed by atoms with E-state index in [9.17, 15) is 9.59 Å². The molecule has 2 N–H and O–H groups in total. The molecule has 0 aromatic heterocycles. The minimum atomic E-state index is -0.801. The van der Waals surface area contributed by atoms with Gasteiger partial charge in [-0.25, -0.2) is 0 Å². The fourth-order valence-corrected chi connectivity index (χ4v) is 3.51. The molecule has 1 atom stereocenters. The largest absolute Gasteiger partial charge is 0.479 e. The summed E-state index contributed by atoms with van der Waals surface area (Å²) in [6, 6.07) is 16.0. The Morgan fingerprint density at radius 1 is 0.774 bits per heavy atom. The number of rotatable bonds is 6. The topological polar surface area (TPSA) is 67.4 Å². The first kappa shape index (κ1) is 23.2. The van der Waals surface area contributed by atoms with E-state index in [1.165, 1.54) is 12.1 Å². The molecule has 0 unspecified atom stereocenters. The van der Waals surface area contributed by atoms with Crippen molar-refractivity contribution < 1.29 is 14.3 Å². The number of ether oxygens (including phenoxy) is 1. The van der Waals surface area contributed by atoms with Gasteiger partial charge in [-0.15, -0.1) is 0 Å². The Bertz CT molecular complexity index is 1120. The highest BCUT2D eigenvalue weighted by atomic mass is 35.5. The van der Waals surface area contributed by atoms with Crippen LogP contribution in [0.1, 0.15) is 17.3 Å². The number of benzene rings is 3. The molecule has 0 heterocycles. The van der Waals surface area contributed by atoms with Gasteiger partial charge in [-0.1, -0.05) is 46.4 Å². The fraction of sp³-hybridized carbons (Fsp3) is 0.0909. The van der Waals surface area contributed by atoms with Crippen LogP contribution in [-0.2, 0) is 4.79 Å². The minimum absolute atomic E-state index is 0.253. The van der Waals surface area contributed by atoms with Crippen LogP contribution in [0.15, 0.2) is 60.7 Å². The van der Waals surface area contributed by atoms with Gasteiger partial charge in [0.15, 0.2) is 6.10 Å². The zero-order chi connectivity index (χ0) is 22.5. The number of hydrogen-bond donors (Lipinski definition) is 2. The Balaban J connectivity index is 1.59. The highest BCUT2D eigenvalue weighted by Gasteiger charge is 2.17. The highest BCUT2D eigenvalue weighted by molar-refractivity contribution is 6.37. The van der Waals surface area contributed by atoms with Gasteiger partial charge in [0.2, 0.25) is 0 Å². The molecular weight excluding hydrogens is 482 g/mol. The van der Waals surface area contributed by atoms with Gasteiger partial charge >= 0.3 is 0 Å². The van der Waals surface area contributed by atoms with Crippen molar-refractivity contribution in [2.75, 3.05) is 10.6 Å². The quantitative estimate of drug-likeness (QED) is 0.386. The van der Waals surface area contributed by atoms with E-state index in [1.807, 2.05) is 0 Å². The fourth-order valence-electron chi connectivity index (χ4n) is 2.57. The van der Waals surface area contributed by atoms with Crippen LogP contribution in [0.5, 0.6) is 5.75 Å². The van der Waals surface area contributed by atoms with Gasteiger partial charge < -0.3 is 15.4 Å². The summed E-state index contributed by atoms with van der Waals surface area (Å²) >= 11 is 23.8. The van der Waals surface area contributed by atoms with Crippen LogP contribution in [0.25, 0.3) is 0 Å². The summed E-state index contributed by atoms with van der Waals surface area (Å²) in [4.78, 5) is 24.8. The molecule has 0 aliphatic heterocycles. The number of carbonyl (C=O) groups is 2. The number of nitrogens with one attached hydrogen (secondary N) is 2. The van der Waals surface area contributed by atoms with Gasteiger partial charge in [0.05, 0.1) is 15.6 Å². The lowest BCUT2D eigenvalue weighted by Gasteiger charge is -2.16. The Kier molecular flexibility index (Phi) is 7.68. The molecule has 0 saturated carbocycles. The van der Waals surface area contributed by atoms with Crippen LogP contribution in [0.2, 0.25) is 20.1 Å². The Labute approximate surface area is 199 Å². The smallest absolute Gasteiger partial charge is 0.265 e. The van der Waals surface area contributed by atoms with Crippen LogP contribution in [0.4, 0.5) is 11.4 Å². The molecular formula is C22H16Cl4N2O3. The summed E-state index contributed by atoms with van der Waals surface area (Å²) in [5.41, 5.74) is 1.37. The maximum absolute atomic E-state index is 12.4. The number of amides is 2. The first-order chi connectivity index (χ1) is 14.7. The predicted octanol–water partition coefficient (Wildman–Crippen LogP) is 6.96. The molecule has 0 fully saturated rings. The average molecular weight is 498 g/mol. The molecule has 0 aliphatic carbocycles. The van der Waals surface area contributed by atoms with Crippen molar-refractivity contribution in [2.45, 2.75) is 13.0 Å². The van der Waals surface area contributed by atoms with E-state index in [-0.39, 0.29) is 16.8 Å². The third kappa shape index (κ3) is 6.28. The van der Waals surface area contributed by atoms with Crippen LogP contribution >= 0.6 is 46.4 Å². The Hall–Kier alpha value is -2.44. The average Bonchev–Trinajstić information content (AvgIpc) is 2.71. The van der Waals surface area contributed by atoms with E-state index in [2.05, 4.69) is 10.6 Å². The molecule has 0 bridgehead atoms. The van der Waals surface area contributed by atoms with Gasteiger partial charge in [-0.3, -0.25) is 9.59 Å². The van der Waals surface area contributed by atoms with E-state index >= 15 is 0 Å². The lowest BCUT2D eigenvalue weighted by atomic mass is 10.2. The van der Waals surface area contributed by atoms with Gasteiger partial charge in [0.1, 0.15) is 5.75 Å². The molecule has 31 heavy (non-hydrogen) atoms. The standard InChI is InChI=1S/C22H16Cl4N2O3/c1-12(31-20-9-3-14(24)11-19(20)26)21(29)27-15-4-6-16(7-5-15)28-22(30)17-8-2-13(23)10-18(17)25/h2-12H,1H3,(H,27,29)(H,28,30)/t12-/m1/s1. The van der Waals surface area contributed by atoms with Crippen molar-refractivity contribution in [1.29, 1.82) is 0 Å². The molecule has 2 amide bonds. The molecule has 0 spiro atoms. The van der Waals surface area contributed by atoms with Crippen LogP contribution in [-0.4, -0.2) is 17.9 Å². The Morgan fingerprint density at radius 3 is 1.90 bits per heavy atom. The summed E-state index contributed by atoms with van der Waals surface area (Å²) in [7, 11) is 0. The summed E-state index contributed by atoms with van der Waals surface area (Å²) in [5, 5.41) is 6.96. The molecule has 3 rings (SSSR count). The molecule has 3 aromatic carbocycles. The summed E-state index contributed by atoms with van der Waals surface area (Å²) in [6.07, 6.45) is -0.801. The van der Waals surface area contributed by atoms with E-state index in [4.69, 9.17) is 51.1 Å². The third-order valence-corrected chi connectivity index (χ3v) is 5.23. The zero-order valence-corrected chi connectivity index (χ0v) is 19.1. The van der Waals surface area contributed by atoms with Crippen molar-refractivity contribution in [2.24, 2.45) is 0 Å². The summed E-state index contributed by atoms with van der Waals surface area (Å²) in [6.45, 7) is 1.60. The van der Waals surface area contributed by atoms with Gasteiger partial charge in [0, 0.05) is 21.4 Å². The SMILES string of the molecule is C[C@@H](Oc1ccc(Cl)cc1Cl)C(=O)Nc1ccc(NC(=O)c2ccc(Cl)cc2Cl)cc1. The van der Waals surface area contributed by atoms with E-state index in [0.717, 1.165) is 0 Å². The normalized spacial score (nSPS) is 11.5. The van der Waals surface area contributed by atoms with E-state index in [0.29, 0.717) is 37.8 Å². The second-order valence-corrected chi connectivity index (χ2v) is 8.17. The number of carbonyl (C=O) groups excluding carboxylic acids is 2. The Morgan fingerprint density at radius 2 is 1.32 bits per heavy atom. The maximum atomic E-state index is 12.4. The molecule has 0 saturated heterocycles. The van der Waals surface area contributed by atoms with Crippen molar-refractivity contribution in [3.8, 4) is 5.75 Å². The molecule has 3 aromatic rings. The van der Waals surface area contributed by atoms with Crippen molar-refractivity contribution in [3.05, 3.63) is 86.3 Å². The van der Waals surface area contributed by atoms with E-state index in [1.54, 1.807) is 55.5 Å². The van der Waals surface area contributed by atoms with Gasteiger partial charge in [-0.05, 0) is 67.6 Å². The first-order valence-corrected chi connectivity index (χ1v) is 10.5. The van der Waals surface area contributed by atoms with Gasteiger partial charge in [0.25, 0.3) is 11.8 Å². The number of hydrogen-bond acceptors (Lipinski definition) is 3. The predicted molar refractivity (Wildman–Crippen MR) is 126 cm³/mol. The minimum Gasteiger partial charge on any atom is -0.479 e. The number of halogens is 4. The lowest BCUT2D eigenvalue weighted by molar-refractivity contribution is -0.122. The number of anilines is 2. The molecule has 160 valence electrons. The van der Waals surface area contributed by atoms with Gasteiger partial charge in [-0.2, -0.15) is 0 Å².